The summed E-state index contributed by atoms with van der Waals surface area (Å²) in [5.74, 6) is 0.127. The van der Waals surface area contributed by atoms with E-state index in [0.717, 1.165) is 5.56 Å². The first kappa shape index (κ1) is 11.4. The fraction of sp³-hybridized carbons (Fsp3) is 0.188. The molecule has 0 bridgehead atoms. The van der Waals surface area contributed by atoms with Crippen LogP contribution in [-0.4, -0.2) is 0 Å². The van der Waals surface area contributed by atoms with Gasteiger partial charge in [0.2, 0.25) is 0 Å². The highest BCUT2D eigenvalue weighted by Gasteiger charge is 2.19. The molecular weight excluding hydrogens is 206 g/mol. The summed E-state index contributed by atoms with van der Waals surface area (Å²) in [5, 5.41) is 9.36. The number of hydrogen-bond donors (Lipinski definition) is 0. The van der Waals surface area contributed by atoms with Gasteiger partial charge in [-0.1, -0.05) is 67.6 Å². The summed E-state index contributed by atoms with van der Waals surface area (Å²) in [6.07, 6.45) is 0. The van der Waals surface area contributed by atoms with Crippen LogP contribution in [0, 0.1) is 11.3 Å². The van der Waals surface area contributed by atoms with E-state index in [4.69, 9.17) is 0 Å². The average molecular weight is 221 g/mol. The molecule has 0 aliphatic rings. The van der Waals surface area contributed by atoms with Crippen LogP contribution in [0.25, 0.3) is 0 Å². The summed E-state index contributed by atoms with van der Waals surface area (Å²) < 4.78 is 0. The summed E-state index contributed by atoms with van der Waals surface area (Å²) in [5.41, 5.74) is 2.30. The third kappa shape index (κ3) is 2.54. The second-order valence-corrected chi connectivity index (χ2v) is 4.22. The first-order valence-electron chi connectivity index (χ1n) is 5.82. The third-order valence-electron chi connectivity index (χ3n) is 3.12. The molecule has 1 heteroatoms. The van der Waals surface area contributed by atoms with Crippen molar-refractivity contribution in [1.82, 2.24) is 0 Å². The molecule has 0 saturated carbocycles. The molecule has 0 N–H and O–H groups in total. The van der Waals surface area contributed by atoms with E-state index in [0.29, 0.717) is 0 Å². The lowest BCUT2D eigenvalue weighted by Crippen LogP contribution is -2.06. The van der Waals surface area contributed by atoms with Crippen LogP contribution in [0.15, 0.2) is 60.7 Å². The van der Waals surface area contributed by atoms with Crippen molar-refractivity contribution in [3.8, 4) is 6.07 Å². The normalized spacial score (nSPS) is 13.6. The fourth-order valence-corrected chi connectivity index (χ4v) is 2.08. The molecule has 1 nitrogen and oxygen atoms in total. The highest BCUT2D eigenvalue weighted by atomic mass is 14.3. The molecule has 2 aromatic rings. The standard InChI is InChI=1S/C16H15N/c1-13(14-8-4-2-5-9-14)16(12-17)15-10-6-3-7-11-15/h2-11,13,16H,1H3/t13-,16-/m0/s1. The molecule has 0 spiro atoms. The Morgan fingerprint density at radius 2 is 1.29 bits per heavy atom. The van der Waals surface area contributed by atoms with Crippen LogP contribution < -0.4 is 0 Å². The first-order valence-corrected chi connectivity index (χ1v) is 5.82. The van der Waals surface area contributed by atoms with Crippen molar-refractivity contribution in [3.63, 3.8) is 0 Å². The molecule has 0 unspecified atom stereocenters. The number of nitrogens with zero attached hydrogens (tertiary/aromatic N) is 1. The van der Waals surface area contributed by atoms with Gasteiger partial charge in [0.05, 0.1) is 12.0 Å². The fourth-order valence-electron chi connectivity index (χ4n) is 2.08. The molecule has 84 valence electrons. The van der Waals surface area contributed by atoms with Gasteiger partial charge in [-0.3, -0.25) is 0 Å². The van der Waals surface area contributed by atoms with E-state index in [-0.39, 0.29) is 11.8 Å². The van der Waals surface area contributed by atoms with Crippen molar-refractivity contribution in [2.45, 2.75) is 18.8 Å². The van der Waals surface area contributed by atoms with Crippen molar-refractivity contribution in [1.29, 1.82) is 5.26 Å². The Morgan fingerprint density at radius 3 is 1.76 bits per heavy atom. The molecule has 2 aromatic carbocycles. The van der Waals surface area contributed by atoms with Crippen LogP contribution >= 0.6 is 0 Å². The van der Waals surface area contributed by atoms with E-state index in [1.165, 1.54) is 5.56 Å². The van der Waals surface area contributed by atoms with Crippen LogP contribution in [-0.2, 0) is 0 Å². The van der Waals surface area contributed by atoms with Gasteiger partial charge in [-0.2, -0.15) is 5.26 Å². The van der Waals surface area contributed by atoms with E-state index in [9.17, 15) is 5.26 Å². The van der Waals surface area contributed by atoms with Crippen LogP contribution in [0.2, 0.25) is 0 Å². The summed E-state index contributed by atoms with van der Waals surface area (Å²) >= 11 is 0. The van der Waals surface area contributed by atoms with Crippen LogP contribution in [0.4, 0.5) is 0 Å². The number of rotatable bonds is 3. The van der Waals surface area contributed by atoms with Gasteiger partial charge in [0.25, 0.3) is 0 Å². The topological polar surface area (TPSA) is 23.8 Å². The maximum atomic E-state index is 9.36. The minimum atomic E-state index is -0.0846. The Bertz CT molecular complexity index is 496. The van der Waals surface area contributed by atoms with Gasteiger partial charge in [-0.15, -0.1) is 0 Å². The zero-order chi connectivity index (χ0) is 12.1. The lowest BCUT2D eigenvalue weighted by atomic mass is 9.84. The molecule has 0 heterocycles. The van der Waals surface area contributed by atoms with Crippen molar-refractivity contribution in [3.05, 3.63) is 71.8 Å². The Hall–Kier alpha value is -2.07. The van der Waals surface area contributed by atoms with Crippen molar-refractivity contribution < 1.29 is 0 Å². The van der Waals surface area contributed by atoms with Crippen molar-refractivity contribution in [2.24, 2.45) is 0 Å². The van der Waals surface area contributed by atoms with Gasteiger partial charge >= 0.3 is 0 Å². The van der Waals surface area contributed by atoms with Gasteiger partial charge < -0.3 is 0 Å². The zero-order valence-corrected chi connectivity index (χ0v) is 9.88. The smallest absolute Gasteiger partial charge is 0.0778 e. The molecular formula is C16H15N. The second kappa shape index (κ2) is 5.32. The molecule has 0 amide bonds. The van der Waals surface area contributed by atoms with E-state index in [1.807, 2.05) is 48.5 Å². The zero-order valence-electron chi connectivity index (χ0n) is 9.88. The monoisotopic (exact) mass is 221 g/mol. The molecule has 2 rings (SSSR count). The number of nitriles is 1. The largest absolute Gasteiger partial charge is 0.198 e. The molecule has 0 radical (unpaired) electrons. The SMILES string of the molecule is C[C@@H](c1ccccc1)[C@H](C#N)c1ccccc1. The van der Waals surface area contributed by atoms with E-state index >= 15 is 0 Å². The van der Waals surface area contributed by atoms with Crippen LogP contribution in [0.3, 0.4) is 0 Å². The summed E-state index contributed by atoms with van der Waals surface area (Å²) in [6.45, 7) is 2.11. The Balaban J connectivity index is 2.30. The second-order valence-electron chi connectivity index (χ2n) is 4.22. The van der Waals surface area contributed by atoms with Crippen LogP contribution in [0.5, 0.6) is 0 Å². The van der Waals surface area contributed by atoms with Gasteiger partial charge in [0.15, 0.2) is 0 Å². The van der Waals surface area contributed by atoms with E-state index in [2.05, 4.69) is 25.1 Å². The number of benzene rings is 2. The molecule has 17 heavy (non-hydrogen) atoms. The predicted octanol–water partition coefficient (Wildman–Crippen LogP) is 4.10. The highest BCUT2D eigenvalue weighted by molar-refractivity contribution is 5.32. The average Bonchev–Trinajstić information content (AvgIpc) is 2.42. The van der Waals surface area contributed by atoms with Gasteiger partial charge in [-0.25, -0.2) is 0 Å². The van der Waals surface area contributed by atoms with E-state index in [1.54, 1.807) is 0 Å². The molecule has 0 saturated heterocycles. The minimum absolute atomic E-state index is 0.0846. The Kier molecular flexibility index (Phi) is 3.57. The van der Waals surface area contributed by atoms with Crippen LogP contribution in [0.1, 0.15) is 29.9 Å². The lowest BCUT2D eigenvalue weighted by molar-refractivity contribution is 0.687. The maximum Gasteiger partial charge on any atom is 0.0778 e. The first-order chi connectivity index (χ1) is 8.33. The summed E-state index contributed by atoms with van der Waals surface area (Å²) in [7, 11) is 0. The van der Waals surface area contributed by atoms with Gasteiger partial charge in [0.1, 0.15) is 0 Å². The summed E-state index contributed by atoms with van der Waals surface area (Å²) in [6, 6.07) is 22.6. The maximum absolute atomic E-state index is 9.36. The predicted molar refractivity (Wildman–Crippen MR) is 69.7 cm³/mol. The number of hydrogen-bond acceptors (Lipinski definition) is 1. The van der Waals surface area contributed by atoms with Crippen molar-refractivity contribution in [2.75, 3.05) is 0 Å². The third-order valence-corrected chi connectivity index (χ3v) is 3.12. The highest BCUT2D eigenvalue weighted by Crippen LogP contribution is 2.31. The molecule has 0 aromatic heterocycles. The summed E-state index contributed by atoms with van der Waals surface area (Å²) in [4.78, 5) is 0. The molecule has 0 fully saturated rings. The molecule has 0 aliphatic heterocycles. The van der Waals surface area contributed by atoms with Gasteiger partial charge in [0, 0.05) is 5.92 Å². The Labute approximate surface area is 102 Å². The molecule has 0 aliphatic carbocycles. The van der Waals surface area contributed by atoms with Crippen molar-refractivity contribution >= 4 is 0 Å². The van der Waals surface area contributed by atoms with Gasteiger partial charge in [-0.05, 0) is 11.1 Å². The minimum Gasteiger partial charge on any atom is -0.198 e. The molecule has 2 atom stereocenters. The Morgan fingerprint density at radius 1 is 0.824 bits per heavy atom. The van der Waals surface area contributed by atoms with E-state index < -0.39 is 0 Å². The quantitative estimate of drug-likeness (QED) is 0.765. The lowest BCUT2D eigenvalue weighted by Gasteiger charge is -2.18.